The van der Waals surface area contributed by atoms with Crippen molar-refractivity contribution in [1.82, 2.24) is 5.32 Å². The molecule has 3 heteroatoms. The first-order valence-corrected chi connectivity index (χ1v) is 8.41. The highest BCUT2D eigenvalue weighted by Crippen LogP contribution is 2.30. The van der Waals surface area contributed by atoms with Crippen LogP contribution in [0.5, 0.6) is 0 Å². The minimum Gasteiger partial charge on any atom is -0.314 e. The van der Waals surface area contributed by atoms with Crippen molar-refractivity contribution in [1.29, 1.82) is 0 Å². The predicted octanol–water partition coefficient (Wildman–Crippen LogP) is 4.61. The van der Waals surface area contributed by atoms with E-state index in [4.69, 9.17) is 0 Å². The van der Waals surface area contributed by atoms with E-state index in [-0.39, 0.29) is 0 Å². The van der Waals surface area contributed by atoms with Crippen molar-refractivity contribution in [2.45, 2.75) is 51.5 Å². The smallest absolute Gasteiger partial charge is 0.0285 e. The van der Waals surface area contributed by atoms with Crippen LogP contribution in [0.3, 0.4) is 0 Å². The van der Waals surface area contributed by atoms with Crippen molar-refractivity contribution in [3.05, 3.63) is 20.8 Å². The molecule has 1 aromatic rings. The first-order valence-electron chi connectivity index (χ1n) is 6.74. The van der Waals surface area contributed by atoms with Crippen LogP contribution in [-0.4, -0.2) is 12.6 Å². The summed E-state index contributed by atoms with van der Waals surface area (Å²) in [5.74, 6) is 0.892. The van der Waals surface area contributed by atoms with Crippen LogP contribution in [0.1, 0.15) is 43.9 Å². The zero-order valence-electron chi connectivity index (χ0n) is 10.5. The number of hydrogen-bond acceptors (Lipinski definition) is 2. The van der Waals surface area contributed by atoms with Crippen LogP contribution in [0.2, 0.25) is 0 Å². The molecule has 1 saturated carbocycles. The summed E-state index contributed by atoms with van der Waals surface area (Å²) in [5, 5.41) is 5.89. The number of thiophene rings is 1. The first-order chi connectivity index (χ1) is 8.28. The number of hydrogen-bond donors (Lipinski definition) is 1. The van der Waals surface area contributed by atoms with Gasteiger partial charge in [-0.3, -0.25) is 0 Å². The lowest BCUT2D eigenvalue weighted by Gasteiger charge is -2.29. The fraction of sp³-hybridized carbons (Fsp3) is 0.714. The monoisotopic (exact) mass is 315 g/mol. The van der Waals surface area contributed by atoms with Gasteiger partial charge >= 0.3 is 0 Å². The molecule has 0 aliphatic heterocycles. The van der Waals surface area contributed by atoms with Crippen molar-refractivity contribution in [2.75, 3.05) is 6.54 Å². The molecule has 2 unspecified atom stereocenters. The van der Waals surface area contributed by atoms with E-state index in [0.717, 1.165) is 12.0 Å². The van der Waals surface area contributed by atoms with Crippen LogP contribution in [0.25, 0.3) is 0 Å². The van der Waals surface area contributed by atoms with Gasteiger partial charge in [-0.15, -0.1) is 11.3 Å². The zero-order valence-corrected chi connectivity index (χ0v) is 12.9. The maximum absolute atomic E-state index is 3.69. The van der Waals surface area contributed by atoms with Crippen LogP contribution in [0.15, 0.2) is 15.9 Å². The van der Waals surface area contributed by atoms with E-state index in [1.807, 2.05) is 11.3 Å². The van der Waals surface area contributed by atoms with Crippen LogP contribution >= 0.6 is 27.3 Å². The summed E-state index contributed by atoms with van der Waals surface area (Å²) in [6.07, 6.45) is 8.10. The molecule has 2 atom stereocenters. The molecule has 1 nitrogen and oxygen atoms in total. The van der Waals surface area contributed by atoms with Gasteiger partial charge in [0.2, 0.25) is 0 Å². The fourth-order valence-electron chi connectivity index (χ4n) is 2.76. The summed E-state index contributed by atoms with van der Waals surface area (Å²) in [6, 6.07) is 3.06. The van der Waals surface area contributed by atoms with E-state index in [1.54, 1.807) is 0 Å². The largest absolute Gasteiger partial charge is 0.314 e. The van der Waals surface area contributed by atoms with E-state index in [9.17, 15) is 0 Å². The van der Waals surface area contributed by atoms with Gasteiger partial charge in [0.25, 0.3) is 0 Å². The summed E-state index contributed by atoms with van der Waals surface area (Å²) >= 11 is 5.44. The Kier molecular flexibility index (Phi) is 5.51. The molecule has 1 heterocycles. The average Bonchev–Trinajstić information content (AvgIpc) is 2.73. The fourth-order valence-corrected chi connectivity index (χ4v) is 4.32. The molecule has 0 radical (unpaired) electrons. The Balaban J connectivity index is 1.80. The Morgan fingerprint density at radius 3 is 3.06 bits per heavy atom. The maximum atomic E-state index is 3.69. The first kappa shape index (κ1) is 13.6. The third-order valence-electron chi connectivity index (χ3n) is 3.58. The summed E-state index contributed by atoms with van der Waals surface area (Å²) in [4.78, 5) is 1.54. The lowest BCUT2D eigenvalue weighted by Crippen LogP contribution is -2.35. The molecule has 1 N–H and O–H groups in total. The van der Waals surface area contributed by atoms with Crippen LogP contribution < -0.4 is 5.32 Å². The van der Waals surface area contributed by atoms with Gasteiger partial charge < -0.3 is 5.32 Å². The molecular weight excluding hydrogens is 294 g/mol. The molecule has 2 rings (SSSR count). The summed E-state index contributed by atoms with van der Waals surface area (Å²) in [5.41, 5.74) is 0. The Hall–Kier alpha value is 0.140. The van der Waals surface area contributed by atoms with Crippen LogP contribution in [0.4, 0.5) is 0 Å². The molecule has 1 aromatic heterocycles. The highest BCUT2D eigenvalue weighted by molar-refractivity contribution is 9.10. The SMILES string of the molecule is CCCNC1CCCC(Cc2cc(Br)cs2)C1. The van der Waals surface area contributed by atoms with Gasteiger partial charge in [0.05, 0.1) is 0 Å². The quantitative estimate of drug-likeness (QED) is 0.836. The number of rotatable bonds is 5. The van der Waals surface area contributed by atoms with Gasteiger partial charge in [-0.05, 0) is 66.6 Å². The van der Waals surface area contributed by atoms with Crippen molar-refractivity contribution in [3.8, 4) is 0 Å². The molecule has 17 heavy (non-hydrogen) atoms. The third kappa shape index (κ3) is 4.38. The highest BCUT2D eigenvalue weighted by atomic mass is 79.9. The topological polar surface area (TPSA) is 12.0 Å². The molecule has 0 saturated heterocycles. The minimum absolute atomic E-state index is 0.775. The number of halogens is 1. The normalized spacial score (nSPS) is 25.1. The minimum atomic E-state index is 0.775. The number of nitrogens with one attached hydrogen (secondary N) is 1. The molecule has 0 amide bonds. The van der Waals surface area contributed by atoms with Gasteiger partial charge in [0, 0.05) is 20.8 Å². The molecular formula is C14H22BrNS. The Bertz CT molecular complexity index is 337. The van der Waals surface area contributed by atoms with Gasteiger partial charge in [-0.25, -0.2) is 0 Å². The van der Waals surface area contributed by atoms with Crippen molar-refractivity contribution >= 4 is 27.3 Å². The zero-order chi connectivity index (χ0) is 12.1. The van der Waals surface area contributed by atoms with Gasteiger partial charge in [-0.1, -0.05) is 13.3 Å². The molecule has 1 fully saturated rings. The van der Waals surface area contributed by atoms with E-state index >= 15 is 0 Å². The van der Waals surface area contributed by atoms with Crippen LogP contribution in [0, 0.1) is 5.92 Å². The lowest BCUT2D eigenvalue weighted by atomic mass is 9.83. The van der Waals surface area contributed by atoms with Crippen molar-refractivity contribution < 1.29 is 0 Å². The maximum Gasteiger partial charge on any atom is 0.0285 e. The second kappa shape index (κ2) is 6.91. The second-order valence-corrected chi connectivity index (χ2v) is 7.03. The molecule has 0 bridgehead atoms. The second-order valence-electron chi connectivity index (χ2n) is 5.12. The molecule has 0 aromatic carbocycles. The Morgan fingerprint density at radius 1 is 1.47 bits per heavy atom. The summed E-state index contributed by atoms with van der Waals surface area (Å²) < 4.78 is 1.24. The van der Waals surface area contributed by atoms with E-state index in [2.05, 4.69) is 39.6 Å². The predicted molar refractivity (Wildman–Crippen MR) is 79.8 cm³/mol. The Morgan fingerprint density at radius 2 is 2.35 bits per heavy atom. The highest BCUT2D eigenvalue weighted by Gasteiger charge is 2.21. The van der Waals surface area contributed by atoms with Crippen LogP contribution in [-0.2, 0) is 6.42 Å². The average molecular weight is 316 g/mol. The molecule has 96 valence electrons. The van der Waals surface area contributed by atoms with Gasteiger partial charge in [0.1, 0.15) is 0 Å². The van der Waals surface area contributed by atoms with E-state index in [0.29, 0.717) is 0 Å². The summed E-state index contributed by atoms with van der Waals surface area (Å²) in [7, 11) is 0. The van der Waals surface area contributed by atoms with E-state index < -0.39 is 0 Å². The van der Waals surface area contributed by atoms with Gasteiger partial charge in [0.15, 0.2) is 0 Å². The third-order valence-corrected chi connectivity index (χ3v) is 5.30. The Labute approximate surface area is 117 Å². The lowest BCUT2D eigenvalue weighted by molar-refractivity contribution is 0.285. The molecule has 0 spiro atoms. The van der Waals surface area contributed by atoms with Gasteiger partial charge in [-0.2, -0.15) is 0 Å². The van der Waals surface area contributed by atoms with Crippen molar-refractivity contribution in [2.24, 2.45) is 5.92 Å². The standard InChI is InChI=1S/C14H22BrNS/c1-2-6-16-13-5-3-4-11(7-13)8-14-9-12(15)10-17-14/h9-11,13,16H,2-8H2,1H3. The summed E-state index contributed by atoms with van der Waals surface area (Å²) in [6.45, 7) is 3.43. The van der Waals surface area contributed by atoms with Crippen molar-refractivity contribution in [3.63, 3.8) is 0 Å². The molecule has 1 aliphatic rings. The molecule has 1 aliphatic carbocycles. The van der Waals surface area contributed by atoms with E-state index in [1.165, 1.54) is 54.4 Å².